The predicted octanol–water partition coefficient (Wildman–Crippen LogP) is 3.02. The van der Waals surface area contributed by atoms with E-state index in [1.807, 2.05) is 55.4 Å². The third-order valence-corrected chi connectivity index (χ3v) is 3.87. The zero-order valence-corrected chi connectivity index (χ0v) is 15.9. The van der Waals surface area contributed by atoms with E-state index in [9.17, 15) is 5.11 Å². The van der Waals surface area contributed by atoms with Crippen LogP contribution in [0.2, 0.25) is 0 Å². The maximum atomic E-state index is 9.89. The largest absolute Gasteiger partial charge is 0.494 e. The Bertz CT molecular complexity index is 661. The molecular weight excluding hydrogens is 328 g/mol. The Kier molecular flexibility index (Phi) is 8.41. The molecule has 0 aliphatic rings. The lowest BCUT2D eigenvalue weighted by molar-refractivity contribution is 0.00508. The van der Waals surface area contributed by atoms with Gasteiger partial charge in [-0.15, -0.1) is 5.48 Å². The van der Waals surface area contributed by atoms with E-state index < -0.39 is 6.23 Å². The molecule has 0 heterocycles. The van der Waals surface area contributed by atoms with Crippen LogP contribution in [0.4, 0.5) is 0 Å². The number of hydrogen-bond donors (Lipinski definition) is 2. The molecule has 0 amide bonds. The summed E-state index contributed by atoms with van der Waals surface area (Å²) in [4.78, 5) is 7.50. The van der Waals surface area contributed by atoms with Crippen LogP contribution in [-0.2, 0) is 12.8 Å². The summed E-state index contributed by atoms with van der Waals surface area (Å²) in [5, 5.41) is 9.89. The second kappa shape index (κ2) is 10.8. The molecule has 142 valence electrons. The maximum absolute atomic E-state index is 9.89. The average molecular weight is 358 g/mol. The minimum atomic E-state index is -0.745. The van der Waals surface area contributed by atoms with Gasteiger partial charge in [0, 0.05) is 6.54 Å². The van der Waals surface area contributed by atoms with Crippen molar-refractivity contribution in [3.8, 4) is 11.5 Å². The number of likely N-dealkylation sites (N-methyl/N-ethyl adjacent to an activating group) is 1. The van der Waals surface area contributed by atoms with E-state index in [0.717, 1.165) is 42.9 Å². The van der Waals surface area contributed by atoms with Crippen LogP contribution in [0, 0.1) is 0 Å². The Morgan fingerprint density at radius 1 is 1.08 bits per heavy atom. The predicted molar refractivity (Wildman–Crippen MR) is 104 cm³/mol. The third kappa shape index (κ3) is 7.04. The molecule has 2 aromatic rings. The second-order valence-electron chi connectivity index (χ2n) is 6.60. The summed E-state index contributed by atoms with van der Waals surface area (Å²) in [7, 11) is 3.80. The summed E-state index contributed by atoms with van der Waals surface area (Å²) >= 11 is 0. The van der Waals surface area contributed by atoms with Crippen LogP contribution in [0.5, 0.6) is 11.5 Å². The Balaban J connectivity index is 1.93. The Labute approximate surface area is 156 Å². The normalized spacial score (nSPS) is 12.2. The zero-order chi connectivity index (χ0) is 18.8. The van der Waals surface area contributed by atoms with E-state index in [0.29, 0.717) is 6.54 Å². The fraction of sp³-hybridized carbons (Fsp3) is 0.429. The highest BCUT2D eigenvalue weighted by atomic mass is 16.7. The smallest absolute Gasteiger partial charge is 0.150 e. The molecule has 26 heavy (non-hydrogen) atoms. The Morgan fingerprint density at radius 2 is 1.88 bits per heavy atom. The summed E-state index contributed by atoms with van der Waals surface area (Å²) in [6.45, 7) is 3.32. The van der Waals surface area contributed by atoms with Crippen molar-refractivity contribution in [2.75, 3.05) is 27.2 Å². The molecule has 0 aromatic heterocycles. The molecule has 2 aromatic carbocycles. The van der Waals surface area contributed by atoms with E-state index in [1.165, 1.54) is 5.56 Å². The first kappa shape index (κ1) is 20.2. The quantitative estimate of drug-likeness (QED) is 0.478. The van der Waals surface area contributed by atoms with E-state index in [-0.39, 0.29) is 0 Å². The molecule has 0 spiro atoms. The van der Waals surface area contributed by atoms with Crippen LogP contribution >= 0.6 is 0 Å². The Hall–Kier alpha value is -2.08. The standard InChI is InChI=1S/C21H30N2O3/c1-4-14-25-19-10-7-8-17(15-19)12-13-18-9-5-6-11-20(18)26-22-21(24)16-23(2)3/h5-11,15,21-22,24H,4,12-14,16H2,1-3H3. The van der Waals surface area contributed by atoms with Gasteiger partial charge in [0.2, 0.25) is 0 Å². The number of ether oxygens (including phenoxy) is 1. The molecule has 5 nitrogen and oxygen atoms in total. The maximum Gasteiger partial charge on any atom is 0.150 e. The van der Waals surface area contributed by atoms with Crippen LogP contribution in [0.25, 0.3) is 0 Å². The van der Waals surface area contributed by atoms with E-state index in [1.54, 1.807) is 0 Å². The van der Waals surface area contributed by atoms with Crippen molar-refractivity contribution in [2.24, 2.45) is 0 Å². The molecule has 1 unspecified atom stereocenters. The first-order valence-electron chi connectivity index (χ1n) is 9.13. The van der Waals surface area contributed by atoms with Crippen molar-refractivity contribution in [2.45, 2.75) is 32.4 Å². The van der Waals surface area contributed by atoms with Gasteiger partial charge >= 0.3 is 0 Å². The van der Waals surface area contributed by atoms with Crippen molar-refractivity contribution in [3.05, 3.63) is 59.7 Å². The summed E-state index contributed by atoms with van der Waals surface area (Å²) in [5.74, 6) is 1.66. The summed E-state index contributed by atoms with van der Waals surface area (Å²) in [5.41, 5.74) is 5.02. The van der Waals surface area contributed by atoms with Crippen molar-refractivity contribution in [3.63, 3.8) is 0 Å². The van der Waals surface area contributed by atoms with Gasteiger partial charge in [-0.2, -0.15) is 0 Å². The Morgan fingerprint density at radius 3 is 2.65 bits per heavy atom. The van der Waals surface area contributed by atoms with Crippen LogP contribution in [0.3, 0.4) is 0 Å². The zero-order valence-electron chi connectivity index (χ0n) is 15.9. The topological polar surface area (TPSA) is 54.0 Å². The van der Waals surface area contributed by atoms with Crippen LogP contribution in [0.15, 0.2) is 48.5 Å². The van der Waals surface area contributed by atoms with Gasteiger partial charge in [-0.3, -0.25) is 0 Å². The van der Waals surface area contributed by atoms with E-state index in [4.69, 9.17) is 9.57 Å². The highest BCUT2D eigenvalue weighted by Crippen LogP contribution is 2.21. The fourth-order valence-corrected chi connectivity index (χ4v) is 2.61. The van der Waals surface area contributed by atoms with E-state index >= 15 is 0 Å². The van der Waals surface area contributed by atoms with Crippen molar-refractivity contribution < 1.29 is 14.7 Å². The van der Waals surface area contributed by atoms with Gasteiger partial charge in [-0.1, -0.05) is 37.3 Å². The van der Waals surface area contributed by atoms with Crippen molar-refractivity contribution >= 4 is 0 Å². The molecule has 0 saturated heterocycles. The van der Waals surface area contributed by atoms with Gasteiger partial charge < -0.3 is 19.6 Å². The molecule has 2 N–H and O–H groups in total. The number of hydrogen-bond acceptors (Lipinski definition) is 5. The second-order valence-corrected chi connectivity index (χ2v) is 6.60. The van der Waals surface area contributed by atoms with Crippen LogP contribution < -0.4 is 15.1 Å². The highest BCUT2D eigenvalue weighted by Gasteiger charge is 2.09. The number of nitrogens with one attached hydrogen (secondary N) is 1. The summed E-state index contributed by atoms with van der Waals surface area (Å²) in [6, 6.07) is 16.1. The number of aliphatic hydroxyl groups excluding tert-OH is 1. The first-order chi connectivity index (χ1) is 12.6. The van der Waals surface area contributed by atoms with Crippen LogP contribution in [-0.4, -0.2) is 43.5 Å². The highest BCUT2D eigenvalue weighted by molar-refractivity contribution is 5.35. The number of para-hydroxylation sites is 1. The molecule has 0 bridgehead atoms. The number of hydroxylamine groups is 1. The number of aliphatic hydroxyl groups is 1. The molecular formula is C21H30N2O3. The number of benzene rings is 2. The minimum Gasteiger partial charge on any atom is -0.494 e. The molecule has 0 aliphatic carbocycles. The molecule has 0 aliphatic heterocycles. The minimum absolute atomic E-state index is 0.479. The van der Waals surface area contributed by atoms with Gasteiger partial charge in [0.15, 0.2) is 0 Å². The van der Waals surface area contributed by atoms with Crippen molar-refractivity contribution in [1.82, 2.24) is 10.4 Å². The number of nitrogens with zero attached hydrogens (tertiary/aromatic N) is 1. The molecule has 0 radical (unpaired) electrons. The van der Waals surface area contributed by atoms with Crippen LogP contribution in [0.1, 0.15) is 24.5 Å². The average Bonchev–Trinajstić information content (AvgIpc) is 2.63. The molecule has 5 heteroatoms. The van der Waals surface area contributed by atoms with Gasteiger partial charge in [-0.25, -0.2) is 0 Å². The fourth-order valence-electron chi connectivity index (χ4n) is 2.61. The lowest BCUT2D eigenvalue weighted by atomic mass is 10.0. The van der Waals surface area contributed by atoms with Crippen molar-refractivity contribution in [1.29, 1.82) is 0 Å². The summed E-state index contributed by atoms with van der Waals surface area (Å²) in [6.07, 6.45) is 2.00. The monoisotopic (exact) mass is 358 g/mol. The van der Waals surface area contributed by atoms with Gasteiger partial charge in [-0.05, 0) is 62.7 Å². The number of rotatable bonds is 11. The van der Waals surface area contributed by atoms with Gasteiger partial charge in [0.25, 0.3) is 0 Å². The van der Waals surface area contributed by atoms with Gasteiger partial charge in [0.05, 0.1) is 6.61 Å². The third-order valence-electron chi connectivity index (χ3n) is 3.87. The van der Waals surface area contributed by atoms with Gasteiger partial charge in [0.1, 0.15) is 17.7 Å². The molecule has 0 fully saturated rings. The summed E-state index contributed by atoms with van der Waals surface area (Å²) < 4.78 is 5.70. The molecule has 1 atom stereocenters. The molecule has 2 rings (SSSR count). The first-order valence-corrected chi connectivity index (χ1v) is 9.13. The lowest BCUT2D eigenvalue weighted by Crippen LogP contribution is -2.40. The SMILES string of the molecule is CCCOc1cccc(CCc2ccccc2ONC(O)CN(C)C)c1. The lowest BCUT2D eigenvalue weighted by Gasteiger charge is -2.18. The number of aryl methyl sites for hydroxylation is 2. The van der Waals surface area contributed by atoms with E-state index in [2.05, 4.69) is 24.5 Å². The molecule has 0 saturated carbocycles.